The van der Waals surface area contributed by atoms with E-state index in [1.165, 1.54) is 12.1 Å². The molecule has 0 aliphatic heterocycles. The summed E-state index contributed by atoms with van der Waals surface area (Å²) in [6.07, 6.45) is 1.57. The van der Waals surface area contributed by atoms with Gasteiger partial charge in [0, 0.05) is 18.3 Å². The topological polar surface area (TPSA) is 84.2 Å². The zero-order valence-corrected chi connectivity index (χ0v) is 13.4. The average Bonchev–Trinajstić information content (AvgIpc) is 2.84. The fourth-order valence-electron chi connectivity index (χ4n) is 1.75. The highest BCUT2D eigenvalue weighted by molar-refractivity contribution is 7.89. The minimum absolute atomic E-state index is 0.0422. The first-order chi connectivity index (χ1) is 9.85. The fourth-order valence-corrected chi connectivity index (χ4v) is 3.67. The van der Waals surface area contributed by atoms with Crippen LogP contribution in [0.2, 0.25) is 10.0 Å². The van der Waals surface area contributed by atoms with Gasteiger partial charge in [-0.25, -0.2) is 13.1 Å². The molecule has 0 saturated carbocycles. The Labute approximate surface area is 132 Å². The Morgan fingerprint density at radius 3 is 2.67 bits per heavy atom. The third kappa shape index (κ3) is 3.56. The van der Waals surface area contributed by atoms with Crippen LogP contribution in [0, 0.1) is 0 Å². The lowest BCUT2D eigenvalue weighted by Gasteiger charge is -2.11. The number of hydrogen-bond acceptors (Lipinski definition) is 4. The Balaban J connectivity index is 2.32. The van der Waals surface area contributed by atoms with Crippen molar-refractivity contribution in [2.24, 2.45) is 7.05 Å². The molecule has 0 atom stereocenters. The minimum atomic E-state index is -3.86. The predicted octanol–water partition coefficient (Wildman–Crippen LogP) is 1.70. The van der Waals surface area contributed by atoms with E-state index in [1.807, 2.05) is 0 Å². The second kappa shape index (κ2) is 6.33. The van der Waals surface area contributed by atoms with E-state index in [1.54, 1.807) is 24.0 Å². The summed E-state index contributed by atoms with van der Waals surface area (Å²) in [5.41, 5.74) is 0.948. The molecule has 1 aromatic heterocycles. The maximum Gasteiger partial charge on any atom is 0.242 e. The first-order valence-electron chi connectivity index (χ1n) is 5.90. The number of hydrogen-bond donors (Lipinski definition) is 2. The zero-order valence-electron chi connectivity index (χ0n) is 11.0. The maximum absolute atomic E-state index is 12.3. The van der Waals surface area contributed by atoms with Gasteiger partial charge in [-0.3, -0.25) is 4.68 Å². The van der Waals surface area contributed by atoms with Gasteiger partial charge >= 0.3 is 0 Å². The summed E-state index contributed by atoms with van der Waals surface area (Å²) in [5, 5.41) is 13.3. The van der Waals surface area contributed by atoms with Crippen molar-refractivity contribution in [3.63, 3.8) is 0 Å². The lowest BCUT2D eigenvalue weighted by molar-refractivity contribution is 0.281. The van der Waals surface area contributed by atoms with Gasteiger partial charge in [-0.05, 0) is 23.8 Å². The molecule has 0 fully saturated rings. The van der Waals surface area contributed by atoms with Crippen LogP contribution in [0.5, 0.6) is 0 Å². The highest BCUT2D eigenvalue weighted by Crippen LogP contribution is 2.29. The van der Waals surface area contributed by atoms with Crippen molar-refractivity contribution >= 4 is 33.2 Å². The van der Waals surface area contributed by atoms with E-state index in [9.17, 15) is 13.5 Å². The number of aryl methyl sites for hydroxylation is 1. The number of benzene rings is 1. The lowest BCUT2D eigenvalue weighted by atomic mass is 10.2. The molecule has 6 nitrogen and oxygen atoms in total. The second-order valence-corrected chi connectivity index (χ2v) is 6.86. The number of nitrogens with one attached hydrogen (secondary N) is 1. The smallest absolute Gasteiger partial charge is 0.242 e. The average molecular weight is 350 g/mol. The molecule has 0 amide bonds. The van der Waals surface area contributed by atoms with Crippen LogP contribution in [0.1, 0.15) is 11.3 Å². The predicted molar refractivity (Wildman–Crippen MR) is 79.6 cm³/mol. The van der Waals surface area contributed by atoms with Gasteiger partial charge in [0.1, 0.15) is 4.90 Å². The van der Waals surface area contributed by atoms with Crippen molar-refractivity contribution in [1.29, 1.82) is 0 Å². The Hall–Kier alpha value is -1.12. The first-order valence-corrected chi connectivity index (χ1v) is 8.14. The molecule has 0 aliphatic carbocycles. The van der Waals surface area contributed by atoms with Crippen LogP contribution in [0.3, 0.4) is 0 Å². The van der Waals surface area contributed by atoms with Crippen molar-refractivity contribution in [3.8, 4) is 0 Å². The maximum atomic E-state index is 12.3. The third-order valence-electron chi connectivity index (χ3n) is 2.90. The molecule has 21 heavy (non-hydrogen) atoms. The van der Waals surface area contributed by atoms with Gasteiger partial charge in [-0.1, -0.05) is 23.2 Å². The van der Waals surface area contributed by atoms with Gasteiger partial charge in [-0.15, -0.1) is 0 Å². The summed E-state index contributed by atoms with van der Waals surface area (Å²) in [6.45, 7) is -0.334. The molecule has 0 unspecified atom stereocenters. The molecule has 0 saturated heterocycles. The highest BCUT2D eigenvalue weighted by atomic mass is 35.5. The van der Waals surface area contributed by atoms with E-state index in [4.69, 9.17) is 23.2 Å². The van der Waals surface area contributed by atoms with Gasteiger partial charge < -0.3 is 5.11 Å². The van der Waals surface area contributed by atoms with E-state index >= 15 is 0 Å². The van der Waals surface area contributed by atoms with Gasteiger partial charge in [0.15, 0.2) is 0 Å². The van der Waals surface area contributed by atoms with E-state index in [0.29, 0.717) is 5.69 Å². The molecule has 0 bridgehead atoms. The van der Waals surface area contributed by atoms with Crippen LogP contribution >= 0.6 is 23.2 Å². The summed E-state index contributed by atoms with van der Waals surface area (Å²) >= 11 is 11.9. The fraction of sp³-hybridized carbons (Fsp3) is 0.250. The molecule has 2 N–H and O–H groups in total. The third-order valence-corrected chi connectivity index (χ3v) is 5.11. The van der Waals surface area contributed by atoms with Gasteiger partial charge in [0.2, 0.25) is 10.0 Å². The largest absolute Gasteiger partial charge is 0.392 e. The number of sulfonamides is 1. The Morgan fingerprint density at radius 2 is 2.10 bits per heavy atom. The van der Waals surface area contributed by atoms with Crippen molar-refractivity contribution in [2.45, 2.75) is 18.0 Å². The van der Waals surface area contributed by atoms with Gasteiger partial charge in [0.25, 0.3) is 0 Å². The summed E-state index contributed by atoms with van der Waals surface area (Å²) < 4.78 is 28.6. The van der Waals surface area contributed by atoms with Crippen molar-refractivity contribution in [2.75, 3.05) is 0 Å². The van der Waals surface area contributed by atoms with E-state index < -0.39 is 16.6 Å². The van der Waals surface area contributed by atoms with Crippen LogP contribution in [-0.2, 0) is 30.2 Å². The van der Waals surface area contributed by atoms with E-state index in [2.05, 4.69) is 9.82 Å². The molecule has 0 aliphatic rings. The lowest BCUT2D eigenvalue weighted by Crippen LogP contribution is -2.25. The van der Waals surface area contributed by atoms with Gasteiger partial charge in [0.05, 0.1) is 23.9 Å². The summed E-state index contributed by atoms with van der Waals surface area (Å²) in [6, 6.07) is 4.36. The molecule has 2 aromatic rings. The standard InChI is InChI=1S/C12H13Cl2N3O3S/c1-17-10(2-3-15-17)6-16-21(19,20)11-5-9(13)4-8(7-18)12(11)14/h2-5,16,18H,6-7H2,1H3. The van der Waals surface area contributed by atoms with E-state index in [0.717, 1.165) is 0 Å². The van der Waals surface area contributed by atoms with Crippen LogP contribution < -0.4 is 4.72 Å². The quantitative estimate of drug-likeness (QED) is 0.860. The van der Waals surface area contributed by atoms with Crippen LogP contribution in [0.25, 0.3) is 0 Å². The van der Waals surface area contributed by atoms with Crippen LogP contribution in [-0.4, -0.2) is 23.3 Å². The van der Waals surface area contributed by atoms with Gasteiger partial charge in [-0.2, -0.15) is 5.10 Å². The molecule has 0 spiro atoms. The molecular formula is C12H13Cl2N3O3S. The summed E-state index contributed by atoms with van der Waals surface area (Å²) in [4.78, 5) is -0.164. The molecule has 2 rings (SSSR count). The van der Waals surface area contributed by atoms with Crippen molar-refractivity contribution < 1.29 is 13.5 Å². The summed E-state index contributed by atoms with van der Waals surface area (Å²) in [7, 11) is -2.15. The highest BCUT2D eigenvalue weighted by Gasteiger charge is 2.21. The molecular weight excluding hydrogens is 337 g/mol. The number of aliphatic hydroxyl groups is 1. The number of aromatic nitrogens is 2. The number of halogens is 2. The Bertz CT molecular complexity index is 759. The second-order valence-electron chi connectivity index (χ2n) is 4.31. The van der Waals surface area contributed by atoms with Crippen LogP contribution in [0.4, 0.5) is 0 Å². The van der Waals surface area contributed by atoms with Crippen LogP contribution in [0.15, 0.2) is 29.3 Å². The summed E-state index contributed by atoms with van der Waals surface area (Å²) in [5.74, 6) is 0. The van der Waals surface area contributed by atoms with E-state index in [-0.39, 0.29) is 27.0 Å². The van der Waals surface area contributed by atoms with Crippen molar-refractivity contribution in [1.82, 2.24) is 14.5 Å². The van der Waals surface area contributed by atoms with Crippen molar-refractivity contribution in [3.05, 3.63) is 45.7 Å². The molecule has 1 heterocycles. The molecule has 1 aromatic carbocycles. The monoisotopic (exact) mass is 349 g/mol. The normalized spacial score (nSPS) is 11.8. The minimum Gasteiger partial charge on any atom is -0.392 e. The molecule has 0 radical (unpaired) electrons. The number of nitrogens with zero attached hydrogens (tertiary/aromatic N) is 2. The Morgan fingerprint density at radius 1 is 1.38 bits per heavy atom. The SMILES string of the molecule is Cn1nccc1CNS(=O)(=O)c1cc(Cl)cc(CO)c1Cl. The molecule has 114 valence electrons. The number of aliphatic hydroxyl groups excluding tert-OH is 1. The molecule has 9 heteroatoms. The first kappa shape index (κ1) is 16.3. The zero-order chi connectivity index (χ0) is 15.6. The Kier molecular flexibility index (Phi) is 4.90. The number of rotatable bonds is 5.